The fourth-order valence-corrected chi connectivity index (χ4v) is 2.88. The lowest BCUT2D eigenvalue weighted by Gasteiger charge is -2.19. The number of hydrogen-bond acceptors (Lipinski definition) is 2. The van der Waals surface area contributed by atoms with Gasteiger partial charge < -0.3 is 5.11 Å². The molecule has 1 aliphatic carbocycles. The molecule has 1 unspecified atom stereocenters. The summed E-state index contributed by atoms with van der Waals surface area (Å²) in [7, 11) is 0. The molecule has 1 aliphatic rings. The van der Waals surface area contributed by atoms with Crippen LogP contribution in [0.5, 0.6) is 0 Å². The van der Waals surface area contributed by atoms with Gasteiger partial charge in [-0.05, 0) is 49.4 Å². The van der Waals surface area contributed by atoms with Crippen LogP contribution >= 0.6 is 11.6 Å². The van der Waals surface area contributed by atoms with Crippen molar-refractivity contribution in [1.82, 2.24) is 9.78 Å². The third kappa shape index (κ3) is 2.20. The molecule has 0 bridgehead atoms. The van der Waals surface area contributed by atoms with Gasteiger partial charge in [-0.3, -0.25) is 0 Å². The van der Waals surface area contributed by atoms with Crippen LogP contribution in [0.3, 0.4) is 0 Å². The van der Waals surface area contributed by atoms with E-state index in [2.05, 4.69) is 12.0 Å². The van der Waals surface area contributed by atoms with Crippen molar-refractivity contribution in [1.29, 1.82) is 0 Å². The molecule has 0 spiro atoms. The Morgan fingerprint density at radius 3 is 2.75 bits per heavy atom. The molecule has 4 nitrogen and oxygen atoms in total. The minimum Gasteiger partial charge on any atom is -0.476 e. The van der Waals surface area contributed by atoms with Crippen molar-refractivity contribution in [2.45, 2.75) is 26.2 Å². The zero-order valence-corrected chi connectivity index (χ0v) is 11.9. The molecule has 1 atom stereocenters. The van der Waals surface area contributed by atoms with Gasteiger partial charge in [-0.1, -0.05) is 18.5 Å². The maximum Gasteiger partial charge on any atom is 0.356 e. The zero-order chi connectivity index (χ0) is 14.3. The maximum absolute atomic E-state index is 11.4. The predicted molar refractivity (Wildman–Crippen MR) is 76.7 cm³/mol. The summed E-state index contributed by atoms with van der Waals surface area (Å²) in [4.78, 5) is 11.4. The second-order valence-corrected chi connectivity index (χ2v) is 5.75. The van der Waals surface area contributed by atoms with Crippen LogP contribution in [0.1, 0.15) is 35.1 Å². The lowest BCUT2D eigenvalue weighted by atomic mass is 9.87. The van der Waals surface area contributed by atoms with Gasteiger partial charge in [-0.15, -0.1) is 0 Å². The number of halogens is 1. The summed E-state index contributed by atoms with van der Waals surface area (Å²) >= 11 is 5.89. The molecule has 104 valence electrons. The minimum absolute atomic E-state index is 0.182. The second-order valence-electron chi connectivity index (χ2n) is 5.32. The number of aromatic nitrogens is 2. The summed E-state index contributed by atoms with van der Waals surface area (Å²) < 4.78 is 1.75. The van der Waals surface area contributed by atoms with Crippen LogP contribution in [-0.4, -0.2) is 20.9 Å². The first-order valence-corrected chi connectivity index (χ1v) is 7.04. The summed E-state index contributed by atoms with van der Waals surface area (Å²) in [6.07, 6.45) is 2.70. The molecule has 2 aromatic rings. The topological polar surface area (TPSA) is 55.1 Å². The number of carboxylic acid groups (broad SMARTS) is 1. The SMILES string of the molecule is CC1CCc2c(c(C(=O)O)nn2-c2ccc(Cl)cc2)C1. The third-order valence-corrected chi connectivity index (χ3v) is 4.04. The van der Waals surface area contributed by atoms with Gasteiger partial charge in [0.2, 0.25) is 0 Å². The number of carbonyl (C=O) groups is 1. The molecule has 0 aliphatic heterocycles. The van der Waals surface area contributed by atoms with Crippen LogP contribution in [-0.2, 0) is 12.8 Å². The van der Waals surface area contributed by atoms with Gasteiger partial charge in [0.1, 0.15) is 0 Å². The number of rotatable bonds is 2. The number of fused-ring (bicyclic) bond motifs is 1. The number of nitrogens with zero attached hydrogens (tertiary/aromatic N) is 2. The largest absolute Gasteiger partial charge is 0.476 e. The molecule has 3 rings (SSSR count). The first kappa shape index (κ1) is 13.2. The van der Waals surface area contributed by atoms with E-state index in [4.69, 9.17) is 11.6 Å². The average molecular weight is 291 g/mol. The van der Waals surface area contributed by atoms with Gasteiger partial charge in [0.15, 0.2) is 5.69 Å². The minimum atomic E-state index is -0.955. The molecular formula is C15H15ClN2O2. The van der Waals surface area contributed by atoms with Crippen molar-refractivity contribution in [3.63, 3.8) is 0 Å². The van der Waals surface area contributed by atoms with Crippen LogP contribution < -0.4 is 0 Å². The molecule has 0 saturated heterocycles. The zero-order valence-electron chi connectivity index (χ0n) is 11.1. The Kier molecular flexibility index (Phi) is 3.26. The van der Waals surface area contributed by atoms with Crippen molar-refractivity contribution in [2.24, 2.45) is 5.92 Å². The van der Waals surface area contributed by atoms with Crippen molar-refractivity contribution in [3.05, 3.63) is 46.2 Å². The van der Waals surface area contributed by atoms with Crippen molar-refractivity contribution >= 4 is 17.6 Å². The van der Waals surface area contributed by atoms with E-state index in [0.717, 1.165) is 36.2 Å². The van der Waals surface area contributed by atoms with Crippen LogP contribution in [0.25, 0.3) is 5.69 Å². The Hall–Kier alpha value is -1.81. The van der Waals surface area contributed by atoms with Gasteiger partial charge in [-0.2, -0.15) is 5.10 Å². The quantitative estimate of drug-likeness (QED) is 0.923. The third-order valence-electron chi connectivity index (χ3n) is 3.79. The number of benzene rings is 1. The lowest BCUT2D eigenvalue weighted by molar-refractivity contribution is 0.0688. The van der Waals surface area contributed by atoms with Crippen molar-refractivity contribution < 1.29 is 9.90 Å². The molecule has 0 amide bonds. The molecule has 1 N–H and O–H groups in total. The normalized spacial score (nSPS) is 17.8. The Morgan fingerprint density at radius 2 is 2.10 bits per heavy atom. The fourth-order valence-electron chi connectivity index (χ4n) is 2.76. The molecular weight excluding hydrogens is 276 g/mol. The molecule has 0 radical (unpaired) electrons. The number of hydrogen-bond donors (Lipinski definition) is 1. The van der Waals surface area contributed by atoms with Gasteiger partial charge in [0.05, 0.1) is 5.69 Å². The van der Waals surface area contributed by atoms with E-state index in [9.17, 15) is 9.90 Å². The first-order valence-electron chi connectivity index (χ1n) is 6.66. The standard InChI is InChI=1S/C15H15ClN2O2/c1-9-2-7-13-12(8-9)14(15(19)20)17-18(13)11-5-3-10(16)4-6-11/h3-6,9H,2,7-8H2,1H3,(H,19,20). The van der Waals surface area contributed by atoms with E-state index >= 15 is 0 Å². The van der Waals surface area contributed by atoms with Gasteiger partial charge in [0, 0.05) is 16.3 Å². The van der Waals surface area contributed by atoms with E-state index in [0.29, 0.717) is 10.9 Å². The summed E-state index contributed by atoms with van der Waals surface area (Å²) in [5, 5.41) is 14.3. The number of carboxylic acids is 1. The monoisotopic (exact) mass is 290 g/mol. The van der Waals surface area contributed by atoms with E-state index in [1.807, 2.05) is 12.1 Å². The highest BCUT2D eigenvalue weighted by Gasteiger charge is 2.27. The van der Waals surface area contributed by atoms with Crippen LogP contribution in [0.4, 0.5) is 0 Å². The van der Waals surface area contributed by atoms with E-state index in [1.165, 1.54) is 0 Å². The molecule has 0 saturated carbocycles. The van der Waals surface area contributed by atoms with Crippen LogP contribution in [0.2, 0.25) is 5.02 Å². The number of aromatic carboxylic acids is 1. The molecule has 1 aromatic heterocycles. The van der Waals surface area contributed by atoms with Gasteiger partial charge in [-0.25, -0.2) is 9.48 Å². The summed E-state index contributed by atoms with van der Waals surface area (Å²) in [6, 6.07) is 7.30. The van der Waals surface area contributed by atoms with Crippen molar-refractivity contribution in [3.8, 4) is 5.69 Å². The van der Waals surface area contributed by atoms with E-state index in [-0.39, 0.29) is 5.69 Å². The Bertz CT molecular complexity index is 661. The predicted octanol–water partition coefficient (Wildman–Crippen LogP) is 3.35. The van der Waals surface area contributed by atoms with Gasteiger partial charge in [0.25, 0.3) is 0 Å². The Balaban J connectivity index is 2.14. The highest BCUT2D eigenvalue weighted by molar-refractivity contribution is 6.30. The highest BCUT2D eigenvalue weighted by atomic mass is 35.5. The van der Waals surface area contributed by atoms with E-state index in [1.54, 1.807) is 16.8 Å². The lowest BCUT2D eigenvalue weighted by Crippen LogP contribution is -2.14. The molecule has 0 fully saturated rings. The highest BCUT2D eigenvalue weighted by Crippen LogP contribution is 2.30. The molecule has 20 heavy (non-hydrogen) atoms. The molecule has 1 aromatic carbocycles. The van der Waals surface area contributed by atoms with Crippen molar-refractivity contribution in [2.75, 3.05) is 0 Å². The summed E-state index contributed by atoms with van der Waals surface area (Å²) in [5.41, 5.74) is 2.93. The Morgan fingerprint density at radius 1 is 1.40 bits per heavy atom. The van der Waals surface area contributed by atoms with Crippen LogP contribution in [0.15, 0.2) is 24.3 Å². The first-order chi connectivity index (χ1) is 9.56. The maximum atomic E-state index is 11.4. The summed E-state index contributed by atoms with van der Waals surface area (Å²) in [5.74, 6) is -0.452. The molecule has 5 heteroatoms. The van der Waals surface area contributed by atoms with Crippen LogP contribution in [0, 0.1) is 5.92 Å². The molecule has 1 heterocycles. The van der Waals surface area contributed by atoms with Gasteiger partial charge >= 0.3 is 5.97 Å². The Labute approximate surface area is 122 Å². The van der Waals surface area contributed by atoms with E-state index < -0.39 is 5.97 Å². The smallest absolute Gasteiger partial charge is 0.356 e. The summed E-state index contributed by atoms with van der Waals surface area (Å²) in [6.45, 7) is 2.15. The second kappa shape index (κ2) is 4.94. The average Bonchev–Trinajstić information content (AvgIpc) is 2.78. The fraction of sp³-hybridized carbons (Fsp3) is 0.333.